The van der Waals surface area contributed by atoms with Gasteiger partial charge in [-0.1, -0.05) is 104 Å². The Morgan fingerprint density at radius 2 is 1.31 bits per heavy atom. The highest BCUT2D eigenvalue weighted by atomic mass is 16.6. The molecule has 0 aliphatic rings. The second-order valence-electron chi connectivity index (χ2n) is 8.14. The van der Waals surface area contributed by atoms with Crippen LogP contribution < -0.4 is 0 Å². The van der Waals surface area contributed by atoms with Crippen molar-refractivity contribution in [2.45, 2.75) is 128 Å². The van der Waals surface area contributed by atoms with E-state index in [1.54, 1.807) is 6.92 Å². The minimum Gasteiger partial charge on any atom is -0.479 e. The summed E-state index contributed by atoms with van der Waals surface area (Å²) in [6.07, 6.45) is 16.7. The number of aliphatic hydroxyl groups is 1. The third-order valence-corrected chi connectivity index (χ3v) is 5.53. The number of carboxylic acids is 1. The first kappa shape index (κ1) is 27.6. The molecule has 0 aromatic carbocycles. The SMILES string of the molecule is C=CC(=O)OC(CCCCCCCCCCCCCCC)C(O)(CCC)C(=O)O. The standard InChI is InChI=1S/C24H44O5/c1-4-7-8-9-10-11-12-13-14-15-16-17-18-19-21(29-22(25)6-3)24(28,20-5-2)23(26)27/h6,21,28H,3-5,7-20H2,1-2H3,(H,26,27). The van der Waals surface area contributed by atoms with Crippen molar-refractivity contribution in [1.82, 2.24) is 0 Å². The molecule has 0 bridgehead atoms. The molecule has 0 aliphatic carbocycles. The first-order chi connectivity index (χ1) is 13.9. The maximum Gasteiger partial charge on any atom is 0.339 e. The van der Waals surface area contributed by atoms with Crippen LogP contribution in [0.25, 0.3) is 0 Å². The summed E-state index contributed by atoms with van der Waals surface area (Å²) in [6.45, 7) is 7.39. The molecule has 0 amide bonds. The predicted octanol–water partition coefficient (Wildman–Crippen LogP) is 6.18. The van der Waals surface area contributed by atoms with Gasteiger partial charge < -0.3 is 14.9 Å². The molecule has 29 heavy (non-hydrogen) atoms. The second-order valence-corrected chi connectivity index (χ2v) is 8.14. The number of rotatable bonds is 20. The lowest BCUT2D eigenvalue weighted by atomic mass is 9.88. The topological polar surface area (TPSA) is 83.8 Å². The maximum absolute atomic E-state index is 11.6. The highest BCUT2D eigenvalue weighted by Gasteiger charge is 2.45. The van der Waals surface area contributed by atoms with E-state index in [0.717, 1.165) is 25.3 Å². The molecule has 0 rings (SSSR count). The van der Waals surface area contributed by atoms with Crippen LogP contribution in [-0.2, 0) is 14.3 Å². The zero-order chi connectivity index (χ0) is 22.0. The minimum atomic E-state index is -2.04. The Hall–Kier alpha value is -1.36. The van der Waals surface area contributed by atoms with E-state index in [9.17, 15) is 19.8 Å². The summed E-state index contributed by atoms with van der Waals surface area (Å²) in [6, 6.07) is 0. The van der Waals surface area contributed by atoms with E-state index in [1.165, 1.54) is 64.2 Å². The zero-order valence-electron chi connectivity index (χ0n) is 18.8. The van der Waals surface area contributed by atoms with Gasteiger partial charge in [-0.25, -0.2) is 9.59 Å². The Labute approximate surface area is 177 Å². The molecule has 2 atom stereocenters. The van der Waals surface area contributed by atoms with Gasteiger partial charge in [-0.15, -0.1) is 0 Å². The number of hydrogen-bond acceptors (Lipinski definition) is 4. The van der Waals surface area contributed by atoms with Gasteiger partial charge in [0.25, 0.3) is 0 Å². The second kappa shape index (κ2) is 17.5. The number of esters is 1. The molecule has 170 valence electrons. The van der Waals surface area contributed by atoms with Crippen LogP contribution in [0.3, 0.4) is 0 Å². The van der Waals surface area contributed by atoms with Crippen LogP contribution in [0.1, 0.15) is 117 Å². The van der Waals surface area contributed by atoms with Crippen molar-refractivity contribution in [3.8, 4) is 0 Å². The fraction of sp³-hybridized carbons (Fsp3) is 0.833. The molecule has 0 saturated carbocycles. The molecule has 0 spiro atoms. The first-order valence-corrected chi connectivity index (χ1v) is 11.7. The predicted molar refractivity (Wildman–Crippen MR) is 118 cm³/mol. The van der Waals surface area contributed by atoms with Gasteiger partial charge in [-0.05, 0) is 19.3 Å². The molecule has 5 heteroatoms. The molecular formula is C24H44O5. The Kier molecular flexibility index (Phi) is 16.7. The summed E-state index contributed by atoms with van der Waals surface area (Å²) in [7, 11) is 0. The molecular weight excluding hydrogens is 368 g/mol. The molecule has 2 N–H and O–H groups in total. The summed E-state index contributed by atoms with van der Waals surface area (Å²) >= 11 is 0. The van der Waals surface area contributed by atoms with Gasteiger partial charge in [0.15, 0.2) is 5.60 Å². The average Bonchev–Trinajstić information content (AvgIpc) is 2.70. The number of hydrogen-bond donors (Lipinski definition) is 2. The molecule has 0 radical (unpaired) electrons. The van der Waals surface area contributed by atoms with Gasteiger partial charge in [0.1, 0.15) is 6.10 Å². The number of carboxylic acid groups (broad SMARTS) is 1. The first-order valence-electron chi connectivity index (χ1n) is 11.7. The Balaban J connectivity index is 4.06. The number of unbranched alkanes of at least 4 members (excludes halogenated alkanes) is 12. The summed E-state index contributed by atoms with van der Waals surface area (Å²) < 4.78 is 5.20. The number of carbonyl (C=O) groups excluding carboxylic acids is 1. The van der Waals surface area contributed by atoms with E-state index in [2.05, 4.69) is 13.5 Å². The van der Waals surface area contributed by atoms with Crippen LogP contribution in [0.5, 0.6) is 0 Å². The van der Waals surface area contributed by atoms with Crippen LogP contribution in [0, 0.1) is 0 Å². The van der Waals surface area contributed by atoms with E-state index in [4.69, 9.17) is 4.74 Å². The van der Waals surface area contributed by atoms with Crippen LogP contribution in [-0.4, -0.2) is 33.9 Å². The van der Waals surface area contributed by atoms with E-state index >= 15 is 0 Å². The van der Waals surface area contributed by atoms with Crippen molar-refractivity contribution in [3.63, 3.8) is 0 Å². The molecule has 0 aliphatic heterocycles. The van der Waals surface area contributed by atoms with Crippen molar-refractivity contribution >= 4 is 11.9 Å². The smallest absolute Gasteiger partial charge is 0.339 e. The molecule has 2 unspecified atom stereocenters. The average molecular weight is 413 g/mol. The third kappa shape index (κ3) is 12.7. The van der Waals surface area contributed by atoms with Crippen molar-refractivity contribution < 1.29 is 24.5 Å². The molecule has 0 heterocycles. The van der Waals surface area contributed by atoms with Gasteiger partial charge in [0.2, 0.25) is 0 Å². The zero-order valence-corrected chi connectivity index (χ0v) is 18.8. The van der Waals surface area contributed by atoms with Crippen molar-refractivity contribution in [2.75, 3.05) is 0 Å². The van der Waals surface area contributed by atoms with E-state index in [-0.39, 0.29) is 6.42 Å². The van der Waals surface area contributed by atoms with Gasteiger partial charge in [0.05, 0.1) is 0 Å². The van der Waals surface area contributed by atoms with Crippen molar-refractivity contribution in [1.29, 1.82) is 0 Å². The van der Waals surface area contributed by atoms with Crippen molar-refractivity contribution in [3.05, 3.63) is 12.7 Å². The van der Waals surface area contributed by atoms with Gasteiger partial charge in [-0.3, -0.25) is 0 Å². The van der Waals surface area contributed by atoms with Crippen molar-refractivity contribution in [2.24, 2.45) is 0 Å². The largest absolute Gasteiger partial charge is 0.479 e. The molecule has 5 nitrogen and oxygen atoms in total. The maximum atomic E-state index is 11.6. The van der Waals surface area contributed by atoms with Crippen LogP contribution in [0.15, 0.2) is 12.7 Å². The normalized spacial score (nSPS) is 14.2. The van der Waals surface area contributed by atoms with Crippen LogP contribution in [0.4, 0.5) is 0 Å². The van der Waals surface area contributed by atoms with E-state index in [0.29, 0.717) is 12.8 Å². The molecule has 0 aromatic heterocycles. The fourth-order valence-electron chi connectivity index (χ4n) is 3.72. The molecule has 0 aromatic rings. The van der Waals surface area contributed by atoms with E-state index in [1.807, 2.05) is 0 Å². The summed E-state index contributed by atoms with van der Waals surface area (Å²) in [5.74, 6) is -2.03. The molecule has 0 fully saturated rings. The van der Waals surface area contributed by atoms with Crippen LogP contribution >= 0.6 is 0 Å². The summed E-state index contributed by atoms with van der Waals surface area (Å²) in [4.78, 5) is 23.2. The monoisotopic (exact) mass is 412 g/mol. The summed E-state index contributed by atoms with van der Waals surface area (Å²) in [5.41, 5.74) is -2.04. The number of aliphatic carboxylic acids is 1. The lowest BCUT2D eigenvalue weighted by Gasteiger charge is -2.31. The summed E-state index contributed by atoms with van der Waals surface area (Å²) in [5, 5.41) is 20.0. The van der Waals surface area contributed by atoms with Gasteiger partial charge >= 0.3 is 11.9 Å². The Morgan fingerprint density at radius 1 is 0.862 bits per heavy atom. The quantitative estimate of drug-likeness (QED) is 0.142. The Morgan fingerprint density at radius 3 is 1.69 bits per heavy atom. The highest BCUT2D eigenvalue weighted by molar-refractivity contribution is 5.83. The lowest BCUT2D eigenvalue weighted by Crippen LogP contribution is -2.51. The highest BCUT2D eigenvalue weighted by Crippen LogP contribution is 2.26. The number of ether oxygens (including phenoxy) is 1. The van der Waals surface area contributed by atoms with E-state index < -0.39 is 23.6 Å². The van der Waals surface area contributed by atoms with Crippen LogP contribution in [0.2, 0.25) is 0 Å². The third-order valence-electron chi connectivity index (χ3n) is 5.53. The number of carbonyl (C=O) groups is 2. The molecule has 0 saturated heterocycles. The van der Waals surface area contributed by atoms with Gasteiger partial charge in [-0.2, -0.15) is 0 Å². The minimum absolute atomic E-state index is 0.0515. The Bertz CT molecular complexity index is 449. The van der Waals surface area contributed by atoms with Gasteiger partial charge in [0, 0.05) is 6.08 Å². The lowest BCUT2D eigenvalue weighted by molar-refractivity contribution is -0.183. The fourth-order valence-corrected chi connectivity index (χ4v) is 3.72.